The minimum atomic E-state index is -0.795. The van der Waals surface area contributed by atoms with Gasteiger partial charge in [-0.25, -0.2) is 0 Å². The van der Waals surface area contributed by atoms with E-state index in [1.807, 2.05) is 0 Å². The molecule has 0 amide bonds. The van der Waals surface area contributed by atoms with Crippen LogP contribution in [0.4, 0.5) is 0 Å². The first-order valence-corrected chi connectivity index (χ1v) is 25.1. The van der Waals surface area contributed by atoms with Gasteiger partial charge in [-0.05, 0) is 103 Å². The lowest BCUT2D eigenvalue weighted by Gasteiger charge is -2.15. The van der Waals surface area contributed by atoms with Gasteiger partial charge in [0.25, 0.3) is 0 Å². The summed E-state index contributed by atoms with van der Waals surface area (Å²) in [6.07, 6.45) is 75.7. The molecule has 350 valence electrons. The largest absolute Gasteiger partial charge is 0.462 e. The molecule has 0 radical (unpaired) electrons. The number of hydrogen-bond acceptors (Lipinski definition) is 5. The Bertz CT molecular complexity index is 1290. The minimum Gasteiger partial charge on any atom is -0.462 e. The van der Waals surface area contributed by atoms with Gasteiger partial charge in [-0.1, -0.05) is 212 Å². The lowest BCUT2D eigenvalue weighted by molar-refractivity contribution is -0.161. The summed E-state index contributed by atoms with van der Waals surface area (Å²) in [6.45, 7) is 3.88. The summed E-state index contributed by atoms with van der Waals surface area (Å²) in [4.78, 5) is 24.4. The fourth-order valence-corrected chi connectivity index (χ4v) is 6.55. The van der Waals surface area contributed by atoms with Crippen molar-refractivity contribution in [2.75, 3.05) is 13.2 Å². The van der Waals surface area contributed by atoms with Crippen LogP contribution in [0.15, 0.2) is 122 Å². The molecule has 0 heterocycles. The minimum absolute atomic E-state index is 0.0904. The van der Waals surface area contributed by atoms with Crippen molar-refractivity contribution < 1.29 is 24.2 Å². The SMILES string of the molecule is CC/C=C\C/C=C\C/C=C\C/C=C\C/C=C\CCCCCCCCCCCCCCCC(=O)OC(CO)COC(=O)CCCCC/C=C\C/C=C\C/C=C\C/C=C\C/C=C\CC. The van der Waals surface area contributed by atoms with Crippen LogP contribution in [0.1, 0.15) is 206 Å². The molecule has 1 unspecified atom stereocenters. The molecule has 1 N–H and O–H groups in total. The Hall–Kier alpha value is -3.70. The third-order valence-corrected chi connectivity index (χ3v) is 10.3. The van der Waals surface area contributed by atoms with Crippen LogP contribution in [0.3, 0.4) is 0 Å². The molecule has 0 aliphatic rings. The molecule has 0 aromatic carbocycles. The van der Waals surface area contributed by atoms with Gasteiger partial charge in [-0.3, -0.25) is 9.59 Å². The van der Waals surface area contributed by atoms with Crippen molar-refractivity contribution in [3.05, 3.63) is 122 Å². The van der Waals surface area contributed by atoms with Gasteiger partial charge in [0.2, 0.25) is 0 Å². The molecule has 0 saturated heterocycles. The number of rotatable bonds is 44. The highest BCUT2D eigenvalue weighted by atomic mass is 16.6. The number of aliphatic hydroxyl groups is 1. The van der Waals surface area contributed by atoms with Crippen molar-refractivity contribution in [3.8, 4) is 0 Å². The van der Waals surface area contributed by atoms with Crippen molar-refractivity contribution in [3.63, 3.8) is 0 Å². The highest BCUT2D eigenvalue weighted by Gasteiger charge is 2.16. The van der Waals surface area contributed by atoms with E-state index in [1.165, 1.54) is 70.6 Å². The zero-order valence-electron chi connectivity index (χ0n) is 39.8. The fraction of sp³-hybridized carbons (Fsp3) is 0.614. The smallest absolute Gasteiger partial charge is 0.306 e. The molecule has 0 bridgehead atoms. The summed E-state index contributed by atoms with van der Waals surface area (Å²) in [5, 5.41) is 9.62. The van der Waals surface area contributed by atoms with E-state index in [9.17, 15) is 14.7 Å². The number of ether oxygens (including phenoxy) is 2. The van der Waals surface area contributed by atoms with E-state index in [1.54, 1.807) is 0 Å². The third kappa shape index (κ3) is 49.0. The molecule has 5 heteroatoms. The van der Waals surface area contributed by atoms with Crippen LogP contribution in [0.2, 0.25) is 0 Å². The molecule has 62 heavy (non-hydrogen) atoms. The Balaban J connectivity index is 3.58. The molecule has 0 saturated carbocycles. The van der Waals surface area contributed by atoms with E-state index >= 15 is 0 Å². The number of carbonyl (C=O) groups excluding carboxylic acids is 2. The van der Waals surface area contributed by atoms with Gasteiger partial charge in [0.05, 0.1) is 6.61 Å². The molecule has 0 aliphatic heterocycles. The number of unbranched alkanes of at least 4 members (excludes halogenated alkanes) is 16. The Kier molecular flexibility index (Phi) is 48.6. The van der Waals surface area contributed by atoms with Gasteiger partial charge in [0.1, 0.15) is 6.61 Å². The summed E-state index contributed by atoms with van der Waals surface area (Å²) in [7, 11) is 0. The highest BCUT2D eigenvalue weighted by Crippen LogP contribution is 2.14. The molecule has 0 aliphatic carbocycles. The van der Waals surface area contributed by atoms with Crippen LogP contribution < -0.4 is 0 Å². The number of hydrogen-bond donors (Lipinski definition) is 1. The van der Waals surface area contributed by atoms with Crippen LogP contribution in [0.25, 0.3) is 0 Å². The van der Waals surface area contributed by atoms with Gasteiger partial charge >= 0.3 is 11.9 Å². The van der Waals surface area contributed by atoms with Crippen molar-refractivity contribution in [1.82, 2.24) is 0 Å². The lowest BCUT2D eigenvalue weighted by atomic mass is 10.0. The summed E-state index contributed by atoms with van der Waals surface area (Å²) in [5.41, 5.74) is 0. The zero-order chi connectivity index (χ0) is 44.9. The fourth-order valence-electron chi connectivity index (χ4n) is 6.55. The van der Waals surface area contributed by atoms with Crippen LogP contribution in [-0.4, -0.2) is 36.4 Å². The van der Waals surface area contributed by atoms with Gasteiger partial charge in [0.15, 0.2) is 6.10 Å². The molecular weight excluding hydrogens is 765 g/mol. The molecule has 0 fully saturated rings. The highest BCUT2D eigenvalue weighted by molar-refractivity contribution is 5.70. The van der Waals surface area contributed by atoms with Crippen LogP contribution >= 0.6 is 0 Å². The Morgan fingerprint density at radius 2 is 0.645 bits per heavy atom. The average molecular weight is 857 g/mol. The second-order valence-electron chi connectivity index (χ2n) is 16.1. The first kappa shape index (κ1) is 58.3. The third-order valence-electron chi connectivity index (χ3n) is 10.3. The zero-order valence-corrected chi connectivity index (χ0v) is 39.8. The standard InChI is InChI=1S/C57H92O5/c1-3-5-7-9-11-13-15-17-19-21-23-24-25-26-27-28-29-30-31-32-34-36-38-40-42-44-46-48-50-52-57(60)62-55(53-58)54-61-56(59)51-49-47-45-43-41-39-37-35-33-22-20-18-16-14-12-10-8-6-4-2/h5-8,11-14,17-20,23-24,26-27,33,35,39,41,55,58H,3-4,9-10,15-16,21-22,25,28-32,34,36-38,40,42-54H2,1-2H3/b7-5-,8-6-,13-11-,14-12-,19-17-,20-18-,24-23-,27-26-,35-33-,41-39-. The van der Waals surface area contributed by atoms with Gasteiger partial charge in [-0.2, -0.15) is 0 Å². The summed E-state index contributed by atoms with van der Waals surface area (Å²) in [5.74, 6) is -0.637. The molecule has 0 spiro atoms. The first-order valence-electron chi connectivity index (χ1n) is 25.1. The monoisotopic (exact) mass is 857 g/mol. The van der Waals surface area contributed by atoms with Gasteiger partial charge in [0, 0.05) is 12.8 Å². The molecular formula is C57H92O5. The molecule has 0 aromatic heterocycles. The second kappa shape index (κ2) is 51.6. The maximum Gasteiger partial charge on any atom is 0.306 e. The van der Waals surface area contributed by atoms with E-state index < -0.39 is 6.10 Å². The molecule has 1 atom stereocenters. The molecule has 0 rings (SSSR count). The number of allylic oxidation sites excluding steroid dienone is 20. The Labute approximate surface area is 382 Å². The van der Waals surface area contributed by atoms with E-state index in [0.29, 0.717) is 12.8 Å². The molecule has 5 nitrogen and oxygen atoms in total. The number of esters is 2. The first-order chi connectivity index (χ1) is 30.6. The normalized spacial score (nSPS) is 13.3. The van der Waals surface area contributed by atoms with Crippen molar-refractivity contribution >= 4 is 11.9 Å². The Morgan fingerprint density at radius 3 is 0.984 bits per heavy atom. The lowest BCUT2D eigenvalue weighted by Crippen LogP contribution is -2.28. The van der Waals surface area contributed by atoms with Crippen LogP contribution in [0.5, 0.6) is 0 Å². The van der Waals surface area contributed by atoms with E-state index in [-0.39, 0.29) is 25.2 Å². The maximum atomic E-state index is 12.3. The predicted octanol–water partition coefficient (Wildman–Crippen LogP) is 16.7. The van der Waals surface area contributed by atoms with Crippen molar-refractivity contribution in [1.29, 1.82) is 0 Å². The Morgan fingerprint density at radius 1 is 0.371 bits per heavy atom. The predicted molar refractivity (Wildman–Crippen MR) is 269 cm³/mol. The van der Waals surface area contributed by atoms with Gasteiger partial charge in [-0.15, -0.1) is 0 Å². The quantitative estimate of drug-likeness (QED) is 0.0375. The van der Waals surface area contributed by atoms with E-state index in [2.05, 4.69) is 135 Å². The van der Waals surface area contributed by atoms with Crippen molar-refractivity contribution in [2.45, 2.75) is 213 Å². The summed E-state index contributed by atoms with van der Waals surface area (Å²) >= 11 is 0. The van der Waals surface area contributed by atoms with Crippen LogP contribution in [0, 0.1) is 0 Å². The number of aliphatic hydroxyl groups excluding tert-OH is 1. The van der Waals surface area contributed by atoms with E-state index in [4.69, 9.17) is 9.47 Å². The summed E-state index contributed by atoms with van der Waals surface area (Å²) in [6, 6.07) is 0. The van der Waals surface area contributed by atoms with Crippen LogP contribution in [-0.2, 0) is 19.1 Å². The number of carbonyl (C=O) groups is 2. The summed E-state index contributed by atoms with van der Waals surface area (Å²) < 4.78 is 10.6. The maximum absolute atomic E-state index is 12.3. The second-order valence-corrected chi connectivity index (χ2v) is 16.1. The topological polar surface area (TPSA) is 72.8 Å². The van der Waals surface area contributed by atoms with Gasteiger partial charge < -0.3 is 14.6 Å². The van der Waals surface area contributed by atoms with Crippen molar-refractivity contribution in [2.24, 2.45) is 0 Å². The average Bonchev–Trinajstić information content (AvgIpc) is 3.28. The van der Waals surface area contributed by atoms with E-state index in [0.717, 1.165) is 109 Å². The molecule has 0 aromatic rings.